The quantitative estimate of drug-likeness (QED) is 0.281. The van der Waals surface area contributed by atoms with Crippen molar-refractivity contribution >= 4 is 23.4 Å². The van der Waals surface area contributed by atoms with Gasteiger partial charge in [-0.15, -0.1) is 0 Å². The summed E-state index contributed by atoms with van der Waals surface area (Å²) < 4.78 is 1.77. The third-order valence-electron chi connectivity index (χ3n) is 6.55. The third-order valence-corrected chi connectivity index (χ3v) is 6.55. The SMILES string of the molecule is Cc1ccc(NC(=O)N(CC(=O)Nc2cc(C(C)(C)C)nn2-c2ccccc2C)Cc2ccccc2)c(C)c1. The van der Waals surface area contributed by atoms with Crippen molar-refractivity contribution in [2.75, 3.05) is 17.2 Å². The largest absolute Gasteiger partial charge is 0.322 e. The molecule has 0 fully saturated rings. The first-order valence-electron chi connectivity index (χ1n) is 13.1. The van der Waals surface area contributed by atoms with Crippen LogP contribution in [0.5, 0.6) is 0 Å². The molecular formula is C32H37N5O2. The van der Waals surface area contributed by atoms with Gasteiger partial charge >= 0.3 is 6.03 Å². The predicted molar refractivity (Wildman–Crippen MR) is 157 cm³/mol. The van der Waals surface area contributed by atoms with Gasteiger partial charge in [-0.3, -0.25) is 4.79 Å². The average Bonchev–Trinajstić information content (AvgIpc) is 3.30. The van der Waals surface area contributed by atoms with E-state index in [1.54, 1.807) is 4.68 Å². The van der Waals surface area contributed by atoms with E-state index in [0.29, 0.717) is 5.82 Å². The fraction of sp³-hybridized carbons (Fsp3) is 0.281. The van der Waals surface area contributed by atoms with E-state index in [9.17, 15) is 9.59 Å². The lowest BCUT2D eigenvalue weighted by atomic mass is 9.92. The highest BCUT2D eigenvalue weighted by Gasteiger charge is 2.24. The fourth-order valence-corrected chi connectivity index (χ4v) is 4.33. The number of carbonyl (C=O) groups excluding carboxylic acids is 2. The topological polar surface area (TPSA) is 79.3 Å². The van der Waals surface area contributed by atoms with Crippen LogP contribution in [0.2, 0.25) is 0 Å². The Kier molecular flexibility index (Phi) is 8.19. The zero-order chi connectivity index (χ0) is 28.2. The van der Waals surface area contributed by atoms with Gasteiger partial charge in [0.05, 0.1) is 11.4 Å². The number of anilines is 2. The molecule has 0 atom stereocenters. The van der Waals surface area contributed by atoms with Gasteiger partial charge in [-0.05, 0) is 49.6 Å². The molecule has 39 heavy (non-hydrogen) atoms. The number of carbonyl (C=O) groups is 2. The summed E-state index contributed by atoms with van der Waals surface area (Å²) in [5.41, 5.74) is 6.30. The molecule has 7 nitrogen and oxygen atoms in total. The minimum absolute atomic E-state index is 0.130. The van der Waals surface area contributed by atoms with Crippen LogP contribution in [-0.4, -0.2) is 33.2 Å². The molecule has 0 bridgehead atoms. The molecule has 0 aliphatic heterocycles. The molecule has 0 saturated carbocycles. The van der Waals surface area contributed by atoms with E-state index in [1.165, 1.54) is 4.90 Å². The Bertz CT molecular complexity index is 1470. The van der Waals surface area contributed by atoms with Crippen LogP contribution >= 0.6 is 0 Å². The van der Waals surface area contributed by atoms with Gasteiger partial charge in [0, 0.05) is 23.7 Å². The molecule has 2 N–H and O–H groups in total. The Hall–Kier alpha value is -4.39. The number of para-hydroxylation sites is 1. The molecule has 4 aromatic rings. The van der Waals surface area contributed by atoms with E-state index < -0.39 is 0 Å². The summed E-state index contributed by atoms with van der Waals surface area (Å²) in [7, 11) is 0. The maximum absolute atomic E-state index is 13.4. The van der Waals surface area contributed by atoms with Crippen molar-refractivity contribution in [2.24, 2.45) is 0 Å². The lowest BCUT2D eigenvalue weighted by Gasteiger charge is -2.23. The van der Waals surface area contributed by atoms with Gasteiger partial charge in [-0.2, -0.15) is 5.10 Å². The van der Waals surface area contributed by atoms with Crippen molar-refractivity contribution in [1.82, 2.24) is 14.7 Å². The van der Waals surface area contributed by atoms with Gasteiger partial charge in [0.25, 0.3) is 0 Å². The second-order valence-electron chi connectivity index (χ2n) is 11.0. The molecule has 3 amide bonds. The number of aryl methyl sites for hydroxylation is 3. The minimum atomic E-state index is -0.344. The number of benzene rings is 3. The summed E-state index contributed by atoms with van der Waals surface area (Å²) in [5.74, 6) is 0.255. The monoisotopic (exact) mass is 523 g/mol. The van der Waals surface area contributed by atoms with E-state index in [-0.39, 0.29) is 30.4 Å². The van der Waals surface area contributed by atoms with Gasteiger partial charge in [0.1, 0.15) is 12.4 Å². The first-order chi connectivity index (χ1) is 18.5. The Morgan fingerprint density at radius 2 is 1.54 bits per heavy atom. The number of hydrogen-bond donors (Lipinski definition) is 2. The zero-order valence-corrected chi connectivity index (χ0v) is 23.6. The Labute approximate surface area is 230 Å². The van der Waals surface area contributed by atoms with Gasteiger partial charge in [0.2, 0.25) is 5.91 Å². The summed E-state index contributed by atoms with van der Waals surface area (Å²) in [5, 5.41) is 10.8. The number of nitrogens with one attached hydrogen (secondary N) is 2. The molecule has 0 aliphatic rings. The van der Waals surface area contributed by atoms with Crippen molar-refractivity contribution in [3.8, 4) is 5.69 Å². The number of hydrogen-bond acceptors (Lipinski definition) is 3. The molecule has 1 heterocycles. The highest BCUT2D eigenvalue weighted by molar-refractivity contribution is 5.97. The number of nitrogens with zero attached hydrogens (tertiary/aromatic N) is 3. The highest BCUT2D eigenvalue weighted by atomic mass is 16.2. The molecular weight excluding hydrogens is 486 g/mol. The van der Waals surface area contributed by atoms with Crippen molar-refractivity contribution in [3.05, 3.63) is 107 Å². The summed E-state index contributed by atoms with van der Waals surface area (Å²) >= 11 is 0. The molecule has 0 saturated heterocycles. The standard InChI is InChI=1S/C32H37N5O2/c1-22-16-17-26(24(3)18-22)33-31(39)36(20-25-13-8-7-9-14-25)21-30(38)34-29-19-28(32(4,5)6)35-37(29)27-15-11-10-12-23(27)2/h7-19H,20-21H2,1-6H3,(H,33,39)(H,34,38). The second kappa shape index (κ2) is 11.6. The molecule has 0 spiro atoms. The van der Waals surface area contributed by atoms with Crippen LogP contribution in [0.15, 0.2) is 78.9 Å². The summed E-state index contributed by atoms with van der Waals surface area (Å²) in [6.45, 7) is 12.4. The van der Waals surface area contributed by atoms with Crippen molar-refractivity contribution in [2.45, 2.75) is 53.5 Å². The van der Waals surface area contributed by atoms with Crippen LogP contribution in [-0.2, 0) is 16.8 Å². The Morgan fingerprint density at radius 3 is 2.21 bits per heavy atom. The van der Waals surface area contributed by atoms with Crippen molar-refractivity contribution in [3.63, 3.8) is 0 Å². The van der Waals surface area contributed by atoms with Crippen LogP contribution < -0.4 is 10.6 Å². The normalized spacial score (nSPS) is 11.2. The molecule has 1 aromatic heterocycles. The van der Waals surface area contributed by atoms with Crippen LogP contribution in [0.25, 0.3) is 5.69 Å². The lowest BCUT2D eigenvalue weighted by molar-refractivity contribution is -0.116. The first kappa shape index (κ1) is 27.6. The number of aromatic nitrogens is 2. The van der Waals surface area contributed by atoms with E-state index in [1.807, 2.05) is 99.6 Å². The molecule has 7 heteroatoms. The van der Waals surface area contributed by atoms with Gasteiger partial charge in [-0.1, -0.05) is 87.0 Å². The average molecular weight is 524 g/mol. The Morgan fingerprint density at radius 1 is 0.846 bits per heavy atom. The molecule has 0 unspecified atom stereocenters. The van der Waals surface area contributed by atoms with Crippen LogP contribution in [0.4, 0.5) is 16.3 Å². The minimum Gasteiger partial charge on any atom is -0.311 e. The van der Waals surface area contributed by atoms with E-state index in [2.05, 4.69) is 31.4 Å². The van der Waals surface area contributed by atoms with Gasteiger partial charge in [-0.25, -0.2) is 9.48 Å². The molecule has 4 rings (SSSR count). The first-order valence-corrected chi connectivity index (χ1v) is 13.1. The molecule has 202 valence electrons. The molecule has 0 radical (unpaired) electrons. The number of amides is 3. The predicted octanol–water partition coefficient (Wildman–Crippen LogP) is 6.77. The van der Waals surface area contributed by atoms with E-state index >= 15 is 0 Å². The number of rotatable bonds is 7. The zero-order valence-electron chi connectivity index (χ0n) is 23.6. The van der Waals surface area contributed by atoms with Gasteiger partial charge in [0.15, 0.2) is 0 Å². The van der Waals surface area contributed by atoms with E-state index in [0.717, 1.165) is 39.3 Å². The van der Waals surface area contributed by atoms with Gasteiger partial charge < -0.3 is 15.5 Å². The summed E-state index contributed by atoms with van der Waals surface area (Å²) in [6.07, 6.45) is 0. The van der Waals surface area contributed by atoms with Crippen LogP contribution in [0.3, 0.4) is 0 Å². The lowest BCUT2D eigenvalue weighted by Crippen LogP contribution is -2.40. The molecule has 0 aliphatic carbocycles. The molecule has 3 aromatic carbocycles. The number of urea groups is 1. The fourth-order valence-electron chi connectivity index (χ4n) is 4.33. The van der Waals surface area contributed by atoms with Crippen LogP contribution in [0.1, 0.15) is 48.7 Å². The van der Waals surface area contributed by atoms with E-state index in [4.69, 9.17) is 5.10 Å². The maximum Gasteiger partial charge on any atom is 0.322 e. The second-order valence-corrected chi connectivity index (χ2v) is 11.0. The van der Waals surface area contributed by atoms with Crippen LogP contribution in [0, 0.1) is 20.8 Å². The summed E-state index contributed by atoms with van der Waals surface area (Å²) in [6, 6.07) is 25.0. The summed E-state index contributed by atoms with van der Waals surface area (Å²) in [4.78, 5) is 28.4. The van der Waals surface area contributed by atoms with Crippen molar-refractivity contribution in [1.29, 1.82) is 0 Å². The smallest absolute Gasteiger partial charge is 0.311 e. The highest BCUT2D eigenvalue weighted by Crippen LogP contribution is 2.27. The maximum atomic E-state index is 13.4. The van der Waals surface area contributed by atoms with Crippen molar-refractivity contribution < 1.29 is 9.59 Å². The Balaban J connectivity index is 1.60. The third kappa shape index (κ3) is 6.93.